The molecule has 1 fully saturated rings. The maximum atomic E-state index is 11.8. The zero-order chi connectivity index (χ0) is 10.8. The number of carbonyl (C=O) groups excluding carboxylic acids is 2. The molecule has 0 aromatic heterocycles. The molecule has 0 bridgehead atoms. The summed E-state index contributed by atoms with van der Waals surface area (Å²) in [6, 6.07) is 0. The Kier molecular flexibility index (Phi) is 5.03. The molecular weight excluding hydrogens is 220 g/mol. The third-order valence-electron chi connectivity index (χ3n) is 2.32. The van der Waals surface area contributed by atoms with Gasteiger partial charge in [-0.3, -0.25) is 9.59 Å². The van der Waals surface area contributed by atoms with Crippen LogP contribution < -0.4 is 5.32 Å². The smallest absolute Gasteiger partial charge is 0.325 e. The largest absolute Gasteiger partial charge is 0.468 e. The normalized spacial score (nSPS) is 19.4. The van der Waals surface area contributed by atoms with Gasteiger partial charge in [0.25, 0.3) is 0 Å². The molecule has 15 heavy (non-hydrogen) atoms. The highest BCUT2D eigenvalue weighted by Gasteiger charge is 2.35. The number of ether oxygens (including phenoxy) is 1. The van der Waals surface area contributed by atoms with Crippen molar-refractivity contribution in [3.63, 3.8) is 0 Å². The highest BCUT2D eigenvalue weighted by Crippen LogP contribution is 2.11. The van der Waals surface area contributed by atoms with Crippen molar-refractivity contribution in [1.29, 1.82) is 0 Å². The highest BCUT2D eigenvalue weighted by molar-refractivity contribution is 5.89. The number of carbonyl (C=O) groups is 2. The lowest BCUT2D eigenvalue weighted by atomic mass is 10.0. The SMILES string of the molecule is COC(=O)CN1CCNC(C)(C)C1=O.Cl. The van der Waals surface area contributed by atoms with Crippen LogP contribution in [0, 0.1) is 0 Å². The first-order valence-electron chi connectivity index (χ1n) is 4.58. The molecule has 0 aromatic rings. The zero-order valence-corrected chi connectivity index (χ0v) is 10.0. The van der Waals surface area contributed by atoms with Gasteiger partial charge in [0.05, 0.1) is 12.6 Å². The molecule has 0 unspecified atom stereocenters. The van der Waals surface area contributed by atoms with Crippen LogP contribution in [0.25, 0.3) is 0 Å². The Bertz CT molecular complexity index is 256. The Morgan fingerprint density at radius 2 is 2.20 bits per heavy atom. The van der Waals surface area contributed by atoms with Crippen molar-refractivity contribution < 1.29 is 14.3 Å². The molecule has 1 saturated heterocycles. The van der Waals surface area contributed by atoms with E-state index in [1.807, 2.05) is 0 Å². The van der Waals surface area contributed by atoms with E-state index in [1.165, 1.54) is 12.0 Å². The van der Waals surface area contributed by atoms with Crippen LogP contribution in [0.2, 0.25) is 0 Å². The lowest BCUT2D eigenvalue weighted by Gasteiger charge is -2.37. The number of piperazine rings is 1. The summed E-state index contributed by atoms with van der Waals surface area (Å²) in [5.74, 6) is -0.440. The van der Waals surface area contributed by atoms with Crippen LogP contribution in [0.4, 0.5) is 0 Å². The molecule has 1 heterocycles. The molecular formula is C9H17ClN2O3. The second-order valence-corrected chi connectivity index (χ2v) is 3.85. The second kappa shape index (κ2) is 5.32. The van der Waals surface area contributed by atoms with Crippen molar-refractivity contribution in [3.05, 3.63) is 0 Å². The number of hydrogen-bond donors (Lipinski definition) is 1. The quantitative estimate of drug-likeness (QED) is 0.675. The fourth-order valence-corrected chi connectivity index (χ4v) is 1.45. The lowest BCUT2D eigenvalue weighted by molar-refractivity contribution is -0.150. The van der Waals surface area contributed by atoms with E-state index in [0.717, 1.165) is 0 Å². The van der Waals surface area contributed by atoms with E-state index in [2.05, 4.69) is 10.1 Å². The van der Waals surface area contributed by atoms with Crippen molar-refractivity contribution in [2.24, 2.45) is 0 Å². The monoisotopic (exact) mass is 236 g/mol. The van der Waals surface area contributed by atoms with Crippen LogP contribution >= 0.6 is 12.4 Å². The zero-order valence-electron chi connectivity index (χ0n) is 9.20. The standard InChI is InChI=1S/C9H16N2O3.ClH/c1-9(2)8(13)11(5-4-10-9)6-7(12)14-3;/h10H,4-6H2,1-3H3;1H. The third-order valence-corrected chi connectivity index (χ3v) is 2.32. The minimum absolute atomic E-state index is 0. The van der Waals surface area contributed by atoms with Gasteiger partial charge in [-0.15, -0.1) is 12.4 Å². The molecule has 0 saturated carbocycles. The van der Waals surface area contributed by atoms with Crippen molar-refractivity contribution in [2.45, 2.75) is 19.4 Å². The molecule has 1 aliphatic rings. The molecule has 6 heteroatoms. The highest BCUT2D eigenvalue weighted by atomic mass is 35.5. The molecule has 0 spiro atoms. The second-order valence-electron chi connectivity index (χ2n) is 3.85. The van der Waals surface area contributed by atoms with Gasteiger partial charge in [0.2, 0.25) is 5.91 Å². The summed E-state index contributed by atoms with van der Waals surface area (Å²) >= 11 is 0. The average Bonchev–Trinajstić information content (AvgIpc) is 2.12. The van der Waals surface area contributed by atoms with Crippen molar-refractivity contribution in [2.75, 3.05) is 26.7 Å². The first-order chi connectivity index (χ1) is 6.47. The Labute approximate surface area is 95.6 Å². The molecule has 0 atom stereocenters. The predicted molar refractivity (Wildman–Crippen MR) is 57.9 cm³/mol. The van der Waals surface area contributed by atoms with Crippen LogP contribution in [0.1, 0.15) is 13.8 Å². The predicted octanol–water partition coefficient (Wildman–Crippen LogP) is -0.208. The van der Waals surface area contributed by atoms with Crippen LogP contribution in [0.15, 0.2) is 0 Å². The summed E-state index contributed by atoms with van der Waals surface area (Å²) in [7, 11) is 1.32. The van der Waals surface area contributed by atoms with Crippen molar-refractivity contribution in [3.8, 4) is 0 Å². The van der Waals surface area contributed by atoms with Gasteiger partial charge in [0, 0.05) is 13.1 Å². The maximum Gasteiger partial charge on any atom is 0.325 e. The molecule has 0 aliphatic carbocycles. The summed E-state index contributed by atoms with van der Waals surface area (Å²) in [5, 5.41) is 3.09. The van der Waals surface area contributed by atoms with Gasteiger partial charge in [-0.25, -0.2) is 0 Å². The van der Waals surface area contributed by atoms with Crippen LogP contribution in [0.3, 0.4) is 0 Å². The van der Waals surface area contributed by atoms with Crippen molar-refractivity contribution >= 4 is 24.3 Å². The molecule has 1 aliphatic heterocycles. The molecule has 5 nitrogen and oxygen atoms in total. The number of esters is 1. The molecule has 1 N–H and O–H groups in total. The van der Waals surface area contributed by atoms with E-state index < -0.39 is 5.54 Å². The summed E-state index contributed by atoms with van der Waals surface area (Å²) in [5.41, 5.74) is -0.577. The summed E-state index contributed by atoms with van der Waals surface area (Å²) in [6.07, 6.45) is 0. The summed E-state index contributed by atoms with van der Waals surface area (Å²) in [4.78, 5) is 24.3. The first-order valence-corrected chi connectivity index (χ1v) is 4.58. The number of rotatable bonds is 2. The number of amides is 1. The fourth-order valence-electron chi connectivity index (χ4n) is 1.45. The van der Waals surface area contributed by atoms with Gasteiger partial charge in [0.15, 0.2) is 0 Å². The van der Waals surface area contributed by atoms with Crippen LogP contribution in [-0.4, -0.2) is 49.1 Å². The topological polar surface area (TPSA) is 58.6 Å². The molecule has 1 amide bonds. The average molecular weight is 237 g/mol. The van der Waals surface area contributed by atoms with Gasteiger partial charge in [-0.05, 0) is 13.8 Å². The van der Waals surface area contributed by atoms with E-state index in [0.29, 0.717) is 13.1 Å². The summed E-state index contributed by atoms with van der Waals surface area (Å²) in [6.45, 7) is 4.91. The molecule has 88 valence electrons. The Hall–Kier alpha value is -0.810. The number of hydrogen-bond acceptors (Lipinski definition) is 4. The van der Waals surface area contributed by atoms with E-state index in [4.69, 9.17) is 0 Å². The number of methoxy groups -OCH3 is 1. The Morgan fingerprint density at radius 3 is 2.73 bits per heavy atom. The lowest BCUT2D eigenvalue weighted by Crippen LogP contribution is -2.62. The van der Waals surface area contributed by atoms with E-state index in [-0.39, 0.29) is 30.8 Å². The minimum atomic E-state index is -0.577. The van der Waals surface area contributed by atoms with Gasteiger partial charge in [0.1, 0.15) is 6.54 Å². The van der Waals surface area contributed by atoms with Crippen LogP contribution in [0.5, 0.6) is 0 Å². The van der Waals surface area contributed by atoms with E-state index >= 15 is 0 Å². The molecule has 0 aromatic carbocycles. The first kappa shape index (κ1) is 14.2. The Morgan fingerprint density at radius 1 is 1.60 bits per heavy atom. The minimum Gasteiger partial charge on any atom is -0.468 e. The number of nitrogens with zero attached hydrogens (tertiary/aromatic N) is 1. The van der Waals surface area contributed by atoms with Gasteiger partial charge in [-0.2, -0.15) is 0 Å². The maximum absolute atomic E-state index is 11.8. The number of nitrogens with one attached hydrogen (secondary N) is 1. The van der Waals surface area contributed by atoms with Crippen molar-refractivity contribution in [1.82, 2.24) is 10.2 Å². The molecule has 0 radical (unpaired) electrons. The van der Waals surface area contributed by atoms with Gasteiger partial charge >= 0.3 is 5.97 Å². The van der Waals surface area contributed by atoms with Gasteiger partial charge in [-0.1, -0.05) is 0 Å². The van der Waals surface area contributed by atoms with Gasteiger partial charge < -0.3 is 15.0 Å². The fraction of sp³-hybridized carbons (Fsp3) is 0.778. The Balaban J connectivity index is 0.00000196. The number of halogens is 1. The van der Waals surface area contributed by atoms with Crippen LogP contribution in [-0.2, 0) is 14.3 Å². The van der Waals surface area contributed by atoms with E-state index in [1.54, 1.807) is 13.8 Å². The molecule has 1 rings (SSSR count). The van der Waals surface area contributed by atoms with E-state index in [9.17, 15) is 9.59 Å². The summed E-state index contributed by atoms with van der Waals surface area (Å²) < 4.78 is 4.52. The third kappa shape index (κ3) is 3.35.